The molecule has 1 aromatic rings. The smallest absolute Gasteiger partial charge is 0.407 e. The second-order valence-electron chi connectivity index (χ2n) is 5.22. The molecule has 16 heavy (non-hydrogen) atoms. The van der Waals surface area contributed by atoms with Crippen LogP contribution in [0.25, 0.3) is 0 Å². The van der Waals surface area contributed by atoms with Crippen LogP contribution in [0.5, 0.6) is 0 Å². The van der Waals surface area contributed by atoms with E-state index in [1.54, 1.807) is 0 Å². The molecule has 1 amide bonds. The summed E-state index contributed by atoms with van der Waals surface area (Å²) in [6, 6.07) is 9.94. The van der Waals surface area contributed by atoms with Gasteiger partial charge in [-0.15, -0.1) is 0 Å². The number of benzene rings is 1. The van der Waals surface area contributed by atoms with Crippen LogP contribution >= 0.6 is 0 Å². The van der Waals surface area contributed by atoms with Crippen LogP contribution in [0.4, 0.5) is 4.79 Å². The van der Waals surface area contributed by atoms with E-state index >= 15 is 0 Å². The van der Waals surface area contributed by atoms with Gasteiger partial charge in [-0.1, -0.05) is 50.0 Å². The molecule has 1 fully saturated rings. The zero-order valence-electron chi connectivity index (χ0n) is 9.86. The third-order valence-electron chi connectivity index (χ3n) is 2.87. The fourth-order valence-corrected chi connectivity index (χ4v) is 3.71. The van der Waals surface area contributed by atoms with E-state index in [1.807, 2.05) is 30.3 Å². The van der Waals surface area contributed by atoms with Crippen molar-refractivity contribution in [3.63, 3.8) is 0 Å². The SMILES string of the molecule is C[Si](C)(C)[C@H]1NC(=O)O[C@H]1c1ccccc1. The number of alkyl carbamates (subject to hydrolysis) is 1. The van der Waals surface area contributed by atoms with E-state index in [1.165, 1.54) is 0 Å². The van der Waals surface area contributed by atoms with E-state index in [-0.39, 0.29) is 17.9 Å². The van der Waals surface area contributed by atoms with Crippen molar-refractivity contribution in [3.8, 4) is 0 Å². The molecule has 86 valence electrons. The molecule has 0 bridgehead atoms. The van der Waals surface area contributed by atoms with Crippen LogP contribution in [0, 0.1) is 0 Å². The largest absolute Gasteiger partial charge is 0.439 e. The third-order valence-corrected chi connectivity index (χ3v) is 5.18. The Morgan fingerprint density at radius 1 is 1.19 bits per heavy atom. The average Bonchev–Trinajstić information content (AvgIpc) is 2.61. The molecule has 2 rings (SSSR count). The number of nitrogens with one attached hydrogen (secondary N) is 1. The number of amides is 1. The number of rotatable bonds is 2. The predicted molar refractivity (Wildman–Crippen MR) is 65.9 cm³/mol. The summed E-state index contributed by atoms with van der Waals surface area (Å²) in [5.41, 5.74) is 1.23. The molecule has 1 aromatic carbocycles. The highest BCUT2D eigenvalue weighted by Gasteiger charge is 2.43. The van der Waals surface area contributed by atoms with Gasteiger partial charge in [0, 0.05) is 0 Å². The van der Waals surface area contributed by atoms with Gasteiger partial charge in [0.25, 0.3) is 0 Å². The summed E-state index contributed by atoms with van der Waals surface area (Å²) in [5, 5.41) is 2.94. The predicted octanol–water partition coefficient (Wildman–Crippen LogP) is 2.71. The minimum absolute atomic E-state index is 0.125. The summed E-state index contributed by atoms with van der Waals surface area (Å²) >= 11 is 0. The van der Waals surface area contributed by atoms with Gasteiger partial charge in [0.2, 0.25) is 0 Å². The number of cyclic esters (lactones) is 1. The van der Waals surface area contributed by atoms with Crippen LogP contribution in [0.1, 0.15) is 11.7 Å². The van der Waals surface area contributed by atoms with Gasteiger partial charge in [0.1, 0.15) is 6.10 Å². The van der Waals surface area contributed by atoms with Crippen molar-refractivity contribution in [2.45, 2.75) is 31.4 Å². The Hall–Kier alpha value is -1.29. The van der Waals surface area contributed by atoms with Gasteiger partial charge >= 0.3 is 6.09 Å². The van der Waals surface area contributed by atoms with E-state index < -0.39 is 8.07 Å². The van der Waals surface area contributed by atoms with E-state index in [0.717, 1.165) is 5.56 Å². The lowest BCUT2D eigenvalue weighted by Crippen LogP contribution is -2.48. The minimum Gasteiger partial charge on any atom is -0.439 e. The van der Waals surface area contributed by atoms with Crippen molar-refractivity contribution in [2.75, 3.05) is 0 Å². The molecule has 0 unspecified atom stereocenters. The van der Waals surface area contributed by atoms with Crippen molar-refractivity contribution in [1.29, 1.82) is 0 Å². The summed E-state index contributed by atoms with van der Waals surface area (Å²) in [5.74, 6) is 0. The van der Waals surface area contributed by atoms with Crippen LogP contribution in [0.3, 0.4) is 0 Å². The maximum absolute atomic E-state index is 11.4. The molecule has 0 aromatic heterocycles. The molecule has 0 saturated carbocycles. The van der Waals surface area contributed by atoms with E-state index in [0.29, 0.717) is 0 Å². The zero-order chi connectivity index (χ0) is 11.8. The quantitative estimate of drug-likeness (QED) is 0.800. The Bertz CT molecular complexity index is 386. The molecule has 0 aliphatic carbocycles. The Balaban J connectivity index is 2.30. The van der Waals surface area contributed by atoms with Crippen LogP contribution < -0.4 is 5.32 Å². The van der Waals surface area contributed by atoms with E-state index in [2.05, 4.69) is 25.0 Å². The highest BCUT2D eigenvalue weighted by molar-refractivity contribution is 6.78. The van der Waals surface area contributed by atoms with Crippen molar-refractivity contribution in [1.82, 2.24) is 5.32 Å². The van der Waals surface area contributed by atoms with Crippen LogP contribution in [0.15, 0.2) is 30.3 Å². The van der Waals surface area contributed by atoms with Gasteiger partial charge in [-0.25, -0.2) is 4.79 Å². The highest BCUT2D eigenvalue weighted by Crippen LogP contribution is 2.31. The summed E-state index contributed by atoms with van der Waals surface area (Å²) in [6.45, 7) is 6.72. The molecule has 1 N–H and O–H groups in total. The maximum atomic E-state index is 11.4. The first-order chi connectivity index (χ1) is 7.48. The zero-order valence-corrected chi connectivity index (χ0v) is 10.9. The van der Waals surface area contributed by atoms with Gasteiger partial charge in [0.05, 0.1) is 13.7 Å². The number of hydrogen-bond donors (Lipinski definition) is 1. The van der Waals surface area contributed by atoms with Crippen molar-refractivity contribution < 1.29 is 9.53 Å². The fraction of sp³-hybridized carbons (Fsp3) is 0.417. The Labute approximate surface area is 96.8 Å². The van der Waals surface area contributed by atoms with Crippen molar-refractivity contribution in [3.05, 3.63) is 35.9 Å². The second kappa shape index (κ2) is 3.94. The number of carbonyl (C=O) groups excluding carboxylic acids is 1. The summed E-state index contributed by atoms with van der Waals surface area (Å²) < 4.78 is 5.37. The highest BCUT2D eigenvalue weighted by atomic mass is 28.3. The van der Waals surface area contributed by atoms with Gasteiger partial charge in [-0.05, 0) is 5.56 Å². The van der Waals surface area contributed by atoms with Gasteiger partial charge in [0.15, 0.2) is 0 Å². The lowest BCUT2D eigenvalue weighted by atomic mass is 10.1. The molecule has 0 spiro atoms. The van der Waals surface area contributed by atoms with Gasteiger partial charge in [-0.3, -0.25) is 0 Å². The van der Waals surface area contributed by atoms with Crippen LogP contribution in [0.2, 0.25) is 19.6 Å². The molecule has 0 radical (unpaired) electrons. The third kappa shape index (κ3) is 2.11. The molecule has 1 aliphatic heterocycles. The normalized spacial score (nSPS) is 25.1. The maximum Gasteiger partial charge on any atom is 0.407 e. The monoisotopic (exact) mass is 235 g/mol. The lowest BCUT2D eigenvalue weighted by Gasteiger charge is -2.27. The van der Waals surface area contributed by atoms with E-state index in [9.17, 15) is 4.79 Å². The molecule has 1 saturated heterocycles. The van der Waals surface area contributed by atoms with E-state index in [4.69, 9.17) is 4.74 Å². The standard InChI is InChI=1S/C12H17NO2Si/c1-16(2,3)11-10(15-12(14)13-11)9-7-5-4-6-8-9/h4-8,10-11H,1-3H3,(H,13,14)/t10-,11+/m0/s1. The van der Waals surface area contributed by atoms with Gasteiger partial charge < -0.3 is 10.1 Å². The second-order valence-corrected chi connectivity index (χ2v) is 10.6. The number of hydrogen-bond acceptors (Lipinski definition) is 2. The minimum atomic E-state index is -1.47. The van der Waals surface area contributed by atoms with Crippen molar-refractivity contribution in [2.24, 2.45) is 0 Å². The summed E-state index contributed by atoms with van der Waals surface area (Å²) in [7, 11) is -1.47. The topological polar surface area (TPSA) is 38.3 Å². The Kier molecular flexibility index (Phi) is 2.76. The molecule has 1 heterocycles. The fourth-order valence-electron chi connectivity index (χ4n) is 1.99. The Morgan fingerprint density at radius 3 is 2.38 bits per heavy atom. The molecule has 1 aliphatic rings. The lowest BCUT2D eigenvalue weighted by molar-refractivity contribution is 0.138. The first-order valence-electron chi connectivity index (χ1n) is 5.50. The van der Waals surface area contributed by atoms with Gasteiger partial charge in [-0.2, -0.15) is 0 Å². The van der Waals surface area contributed by atoms with Crippen LogP contribution in [-0.4, -0.2) is 19.8 Å². The first-order valence-corrected chi connectivity index (χ1v) is 9.08. The molecule has 2 atom stereocenters. The first kappa shape index (κ1) is 11.2. The number of ether oxygens (including phenoxy) is 1. The number of carbonyl (C=O) groups is 1. The molecule has 4 heteroatoms. The molecular weight excluding hydrogens is 218 g/mol. The van der Waals surface area contributed by atoms with Crippen molar-refractivity contribution >= 4 is 14.2 Å². The molecular formula is C12H17NO2Si. The average molecular weight is 235 g/mol. The van der Waals surface area contributed by atoms with Crippen LogP contribution in [-0.2, 0) is 4.74 Å². The summed E-state index contributed by atoms with van der Waals surface area (Å²) in [4.78, 5) is 11.4. The summed E-state index contributed by atoms with van der Waals surface area (Å²) in [6.07, 6.45) is -0.415. The Morgan fingerprint density at radius 2 is 1.81 bits per heavy atom. The molecule has 3 nitrogen and oxygen atoms in total.